The maximum absolute atomic E-state index is 12.1. The van der Waals surface area contributed by atoms with Crippen molar-refractivity contribution < 1.29 is 4.79 Å². The molecule has 2 aromatic carbocycles. The highest BCUT2D eigenvalue weighted by molar-refractivity contribution is 9.10. The second-order valence-corrected chi connectivity index (χ2v) is 5.97. The van der Waals surface area contributed by atoms with Crippen molar-refractivity contribution in [2.75, 3.05) is 6.54 Å². The molecule has 0 heterocycles. The van der Waals surface area contributed by atoms with E-state index in [4.69, 9.17) is 11.6 Å². The zero-order valence-corrected chi connectivity index (χ0v) is 13.4. The lowest BCUT2D eigenvalue weighted by molar-refractivity contribution is 0.0951. The molecule has 0 aliphatic rings. The van der Waals surface area contributed by atoms with E-state index in [1.165, 1.54) is 5.56 Å². The van der Waals surface area contributed by atoms with Gasteiger partial charge in [-0.1, -0.05) is 64.8 Å². The minimum absolute atomic E-state index is 0.154. The fraction of sp³-hybridized carbons (Fsp3) is 0.188. The topological polar surface area (TPSA) is 29.1 Å². The van der Waals surface area contributed by atoms with Crippen LogP contribution in [0, 0.1) is 0 Å². The molecule has 1 N–H and O–H groups in total. The predicted octanol–water partition coefficient (Wildman–Crippen LogP) is 4.64. The van der Waals surface area contributed by atoms with Crippen LogP contribution < -0.4 is 5.32 Å². The van der Waals surface area contributed by atoms with Crippen molar-refractivity contribution in [3.05, 3.63) is 69.2 Å². The first kappa shape index (κ1) is 15.1. The van der Waals surface area contributed by atoms with Crippen LogP contribution in [0.25, 0.3) is 0 Å². The molecule has 0 aliphatic heterocycles. The van der Waals surface area contributed by atoms with Gasteiger partial charge < -0.3 is 5.32 Å². The zero-order valence-electron chi connectivity index (χ0n) is 11.1. The van der Waals surface area contributed by atoms with Gasteiger partial charge in [-0.05, 0) is 29.7 Å². The van der Waals surface area contributed by atoms with E-state index in [1.54, 1.807) is 12.1 Å². The Labute approximate surface area is 132 Å². The molecule has 0 aromatic heterocycles. The van der Waals surface area contributed by atoms with Crippen LogP contribution >= 0.6 is 27.5 Å². The van der Waals surface area contributed by atoms with E-state index in [-0.39, 0.29) is 11.8 Å². The van der Waals surface area contributed by atoms with Crippen molar-refractivity contribution in [3.63, 3.8) is 0 Å². The standard InChI is InChI=1S/C16H15BrClNO/c1-11(12-5-3-2-4-6-12)10-19-16(20)14-9-13(17)7-8-15(14)18/h2-9,11H,10H2,1H3,(H,19,20)/t11-/m0/s1. The van der Waals surface area contributed by atoms with Crippen molar-refractivity contribution in [2.45, 2.75) is 12.8 Å². The molecule has 0 fully saturated rings. The van der Waals surface area contributed by atoms with Gasteiger partial charge in [0.1, 0.15) is 0 Å². The molecule has 0 aliphatic carbocycles. The third-order valence-corrected chi connectivity index (χ3v) is 3.93. The summed E-state index contributed by atoms with van der Waals surface area (Å²) >= 11 is 9.38. The molecule has 2 rings (SSSR count). The van der Waals surface area contributed by atoms with Gasteiger partial charge in [0, 0.05) is 11.0 Å². The highest BCUT2D eigenvalue weighted by atomic mass is 79.9. The van der Waals surface area contributed by atoms with Crippen LogP contribution in [-0.2, 0) is 0 Å². The Bertz CT molecular complexity index is 601. The fourth-order valence-electron chi connectivity index (χ4n) is 1.91. The molecule has 0 unspecified atom stereocenters. The van der Waals surface area contributed by atoms with Crippen LogP contribution in [0.2, 0.25) is 5.02 Å². The first-order valence-electron chi connectivity index (χ1n) is 6.36. The number of hydrogen-bond donors (Lipinski definition) is 1. The number of halogens is 2. The van der Waals surface area contributed by atoms with E-state index in [0.717, 1.165) is 4.47 Å². The van der Waals surface area contributed by atoms with Crippen molar-refractivity contribution in [1.29, 1.82) is 0 Å². The normalized spacial score (nSPS) is 11.9. The van der Waals surface area contributed by atoms with E-state index >= 15 is 0 Å². The summed E-state index contributed by atoms with van der Waals surface area (Å²) in [6, 6.07) is 15.3. The Morgan fingerprint density at radius 2 is 1.95 bits per heavy atom. The summed E-state index contributed by atoms with van der Waals surface area (Å²) in [4.78, 5) is 12.1. The quantitative estimate of drug-likeness (QED) is 0.853. The van der Waals surface area contributed by atoms with Crippen LogP contribution in [0.5, 0.6) is 0 Å². The van der Waals surface area contributed by atoms with E-state index in [9.17, 15) is 4.79 Å². The maximum atomic E-state index is 12.1. The lowest BCUT2D eigenvalue weighted by Gasteiger charge is -2.13. The minimum Gasteiger partial charge on any atom is -0.351 e. The van der Waals surface area contributed by atoms with E-state index < -0.39 is 0 Å². The van der Waals surface area contributed by atoms with Gasteiger partial charge in [-0.25, -0.2) is 0 Å². The molecule has 4 heteroatoms. The maximum Gasteiger partial charge on any atom is 0.252 e. The second-order valence-electron chi connectivity index (χ2n) is 4.65. The number of hydrogen-bond acceptors (Lipinski definition) is 1. The van der Waals surface area contributed by atoms with Gasteiger partial charge in [-0.15, -0.1) is 0 Å². The van der Waals surface area contributed by atoms with E-state index in [2.05, 4.69) is 40.3 Å². The van der Waals surface area contributed by atoms with E-state index in [0.29, 0.717) is 17.1 Å². The number of carbonyl (C=O) groups excluding carboxylic acids is 1. The molecule has 0 radical (unpaired) electrons. The van der Waals surface area contributed by atoms with Gasteiger partial charge in [0.25, 0.3) is 5.91 Å². The largest absolute Gasteiger partial charge is 0.351 e. The molecular formula is C16H15BrClNO. The molecule has 0 spiro atoms. The fourth-order valence-corrected chi connectivity index (χ4v) is 2.48. The SMILES string of the molecule is C[C@@H](CNC(=O)c1cc(Br)ccc1Cl)c1ccccc1. The molecule has 2 nitrogen and oxygen atoms in total. The number of benzene rings is 2. The smallest absolute Gasteiger partial charge is 0.252 e. The van der Waals surface area contributed by atoms with Gasteiger partial charge in [0.15, 0.2) is 0 Å². The molecule has 20 heavy (non-hydrogen) atoms. The van der Waals surface area contributed by atoms with Crippen LogP contribution in [0.15, 0.2) is 53.0 Å². The number of amides is 1. The van der Waals surface area contributed by atoms with Crippen LogP contribution in [-0.4, -0.2) is 12.5 Å². The second kappa shape index (κ2) is 6.91. The molecule has 1 atom stereocenters. The third-order valence-electron chi connectivity index (χ3n) is 3.11. The molecule has 0 saturated carbocycles. The molecule has 0 saturated heterocycles. The van der Waals surface area contributed by atoms with Crippen molar-refractivity contribution in [1.82, 2.24) is 5.32 Å². The Kier molecular flexibility index (Phi) is 5.21. The van der Waals surface area contributed by atoms with E-state index in [1.807, 2.05) is 24.3 Å². The van der Waals surface area contributed by atoms with Crippen LogP contribution in [0.1, 0.15) is 28.8 Å². The monoisotopic (exact) mass is 351 g/mol. The number of rotatable bonds is 4. The summed E-state index contributed by atoms with van der Waals surface area (Å²) in [5.41, 5.74) is 1.69. The Hall–Kier alpha value is -1.32. The Morgan fingerprint density at radius 3 is 2.65 bits per heavy atom. The highest BCUT2D eigenvalue weighted by Crippen LogP contribution is 2.21. The highest BCUT2D eigenvalue weighted by Gasteiger charge is 2.12. The molecule has 2 aromatic rings. The summed E-state index contributed by atoms with van der Waals surface area (Å²) in [5, 5.41) is 3.38. The number of carbonyl (C=O) groups is 1. The Morgan fingerprint density at radius 1 is 1.25 bits per heavy atom. The number of nitrogens with one attached hydrogen (secondary N) is 1. The third kappa shape index (κ3) is 3.84. The predicted molar refractivity (Wildman–Crippen MR) is 86.3 cm³/mol. The first-order valence-corrected chi connectivity index (χ1v) is 7.53. The summed E-state index contributed by atoms with van der Waals surface area (Å²) < 4.78 is 0.836. The van der Waals surface area contributed by atoms with Gasteiger partial charge in [-0.2, -0.15) is 0 Å². The van der Waals surface area contributed by atoms with Gasteiger partial charge in [0.05, 0.1) is 10.6 Å². The summed E-state index contributed by atoms with van der Waals surface area (Å²) in [6.45, 7) is 2.66. The lowest BCUT2D eigenvalue weighted by atomic mass is 10.0. The van der Waals surface area contributed by atoms with Gasteiger partial charge in [-0.3, -0.25) is 4.79 Å². The minimum atomic E-state index is -0.154. The van der Waals surface area contributed by atoms with Crippen LogP contribution in [0.4, 0.5) is 0 Å². The Balaban J connectivity index is 2.00. The van der Waals surface area contributed by atoms with Crippen LogP contribution in [0.3, 0.4) is 0 Å². The summed E-state index contributed by atoms with van der Waals surface area (Å²) in [5.74, 6) is 0.102. The summed E-state index contributed by atoms with van der Waals surface area (Å²) in [6.07, 6.45) is 0. The first-order chi connectivity index (χ1) is 9.58. The summed E-state index contributed by atoms with van der Waals surface area (Å²) in [7, 11) is 0. The van der Waals surface area contributed by atoms with Crippen molar-refractivity contribution in [3.8, 4) is 0 Å². The molecule has 0 bridgehead atoms. The van der Waals surface area contributed by atoms with Gasteiger partial charge in [0.2, 0.25) is 0 Å². The lowest BCUT2D eigenvalue weighted by Crippen LogP contribution is -2.27. The molecule has 1 amide bonds. The zero-order chi connectivity index (χ0) is 14.5. The molecule has 104 valence electrons. The molecular weight excluding hydrogens is 338 g/mol. The average molecular weight is 353 g/mol. The van der Waals surface area contributed by atoms with Crippen molar-refractivity contribution >= 4 is 33.4 Å². The van der Waals surface area contributed by atoms with Crippen molar-refractivity contribution in [2.24, 2.45) is 0 Å². The van der Waals surface area contributed by atoms with Gasteiger partial charge >= 0.3 is 0 Å². The average Bonchev–Trinajstić information content (AvgIpc) is 2.47.